The first-order valence-corrected chi connectivity index (χ1v) is 5.25. The molecule has 0 spiro atoms. The highest BCUT2D eigenvalue weighted by Crippen LogP contribution is 2.27. The van der Waals surface area contributed by atoms with Gasteiger partial charge in [-0.15, -0.1) is 0 Å². The minimum absolute atomic E-state index is 0.290. The van der Waals surface area contributed by atoms with Crippen LogP contribution in [-0.4, -0.2) is 20.0 Å². The molecule has 2 aromatic rings. The predicted molar refractivity (Wildman–Crippen MR) is 57.3 cm³/mol. The number of aromatic nitrogens is 4. The van der Waals surface area contributed by atoms with Gasteiger partial charge in [-0.3, -0.25) is 9.78 Å². The summed E-state index contributed by atoms with van der Waals surface area (Å²) in [6, 6.07) is 0.996. The Morgan fingerprint density at radius 3 is 2.72 bits per heavy atom. The molecule has 0 radical (unpaired) electrons. The van der Waals surface area contributed by atoms with E-state index in [2.05, 4.69) is 20.6 Å². The van der Waals surface area contributed by atoms with E-state index < -0.39 is 11.9 Å². The molecule has 2 heterocycles. The van der Waals surface area contributed by atoms with Crippen molar-refractivity contribution in [1.82, 2.24) is 25.3 Å². The van der Waals surface area contributed by atoms with Crippen LogP contribution < -0.4 is 5.32 Å². The van der Waals surface area contributed by atoms with Crippen LogP contribution in [-0.2, 0) is 26.3 Å². The van der Waals surface area contributed by atoms with Crippen molar-refractivity contribution in [1.29, 1.82) is 0 Å². The maximum absolute atomic E-state index is 12.3. The number of aromatic amines is 1. The van der Waals surface area contributed by atoms with Crippen molar-refractivity contribution in [3.8, 4) is 0 Å². The van der Waals surface area contributed by atoms with Gasteiger partial charge in [-0.1, -0.05) is 0 Å². The second-order valence-corrected chi connectivity index (χ2v) is 3.90. The Morgan fingerprint density at radius 2 is 2.17 bits per heavy atom. The van der Waals surface area contributed by atoms with E-state index in [-0.39, 0.29) is 6.54 Å². The topological polar surface area (TPSA) is 58.5 Å². The van der Waals surface area contributed by atoms with Crippen LogP contribution in [0.2, 0.25) is 0 Å². The number of H-pyrrole nitrogens is 1. The van der Waals surface area contributed by atoms with E-state index >= 15 is 0 Å². The van der Waals surface area contributed by atoms with E-state index in [4.69, 9.17) is 0 Å². The van der Waals surface area contributed by atoms with Gasteiger partial charge in [0.1, 0.15) is 0 Å². The Hall–Kier alpha value is -1.83. The number of hydrogen-bond donors (Lipinski definition) is 2. The standard InChI is InChI=1S/C10H12F3N5/c1-18-6-7(4-15-18)3-14-5-8-2-9(17-16-8)10(11,12)13/h2,4,6,14H,3,5H2,1H3,(H,16,17). The molecule has 98 valence electrons. The molecule has 0 saturated carbocycles. The Bertz CT molecular complexity index is 514. The SMILES string of the molecule is Cn1cc(CNCc2cc(C(F)(F)F)n[nH]2)cn1. The van der Waals surface area contributed by atoms with Gasteiger partial charge in [0.25, 0.3) is 0 Å². The number of nitrogens with zero attached hydrogens (tertiary/aromatic N) is 3. The van der Waals surface area contributed by atoms with Crippen LogP contribution >= 0.6 is 0 Å². The van der Waals surface area contributed by atoms with Gasteiger partial charge in [-0.05, 0) is 6.07 Å². The van der Waals surface area contributed by atoms with E-state index in [1.54, 1.807) is 17.9 Å². The van der Waals surface area contributed by atoms with Crippen molar-refractivity contribution in [2.45, 2.75) is 19.3 Å². The van der Waals surface area contributed by atoms with Crippen LogP contribution in [0.3, 0.4) is 0 Å². The molecule has 0 aliphatic carbocycles. The lowest BCUT2D eigenvalue weighted by Crippen LogP contribution is -2.12. The highest BCUT2D eigenvalue weighted by molar-refractivity contribution is 5.11. The number of aryl methyl sites for hydroxylation is 1. The first-order valence-electron chi connectivity index (χ1n) is 5.25. The smallest absolute Gasteiger partial charge is 0.307 e. The molecule has 8 heteroatoms. The molecule has 2 rings (SSSR count). The number of nitrogens with one attached hydrogen (secondary N) is 2. The van der Waals surface area contributed by atoms with Gasteiger partial charge in [-0.2, -0.15) is 23.4 Å². The van der Waals surface area contributed by atoms with Gasteiger partial charge in [0, 0.05) is 37.6 Å². The Morgan fingerprint density at radius 1 is 1.39 bits per heavy atom. The van der Waals surface area contributed by atoms with Crippen molar-refractivity contribution in [2.75, 3.05) is 0 Å². The quantitative estimate of drug-likeness (QED) is 0.873. The molecule has 18 heavy (non-hydrogen) atoms. The summed E-state index contributed by atoms with van der Waals surface area (Å²) in [6.45, 7) is 0.826. The Kier molecular flexibility index (Phi) is 3.37. The van der Waals surface area contributed by atoms with Gasteiger partial charge >= 0.3 is 6.18 Å². The second-order valence-electron chi connectivity index (χ2n) is 3.90. The van der Waals surface area contributed by atoms with Crippen molar-refractivity contribution in [2.24, 2.45) is 7.05 Å². The summed E-state index contributed by atoms with van der Waals surface area (Å²) in [7, 11) is 1.80. The van der Waals surface area contributed by atoms with Gasteiger partial charge < -0.3 is 5.32 Å². The molecule has 0 fully saturated rings. The average molecular weight is 259 g/mol. The van der Waals surface area contributed by atoms with Crippen molar-refractivity contribution in [3.63, 3.8) is 0 Å². The first kappa shape index (κ1) is 12.6. The van der Waals surface area contributed by atoms with Crippen LogP contribution in [0.15, 0.2) is 18.5 Å². The summed E-state index contributed by atoms with van der Waals surface area (Å²) < 4.78 is 38.5. The zero-order valence-corrected chi connectivity index (χ0v) is 9.62. The Balaban J connectivity index is 1.85. The summed E-state index contributed by atoms with van der Waals surface area (Å²) in [4.78, 5) is 0. The largest absolute Gasteiger partial charge is 0.435 e. The first-order chi connectivity index (χ1) is 8.45. The molecule has 0 aliphatic rings. The summed E-state index contributed by atoms with van der Waals surface area (Å²) >= 11 is 0. The monoisotopic (exact) mass is 259 g/mol. The molecule has 0 saturated heterocycles. The predicted octanol–water partition coefficient (Wildman–Crippen LogP) is 1.45. The zero-order valence-electron chi connectivity index (χ0n) is 9.62. The van der Waals surface area contributed by atoms with Crippen LogP contribution in [0.25, 0.3) is 0 Å². The molecular formula is C10H12F3N5. The van der Waals surface area contributed by atoms with E-state index in [0.717, 1.165) is 11.6 Å². The molecule has 2 N–H and O–H groups in total. The number of rotatable bonds is 4. The molecule has 0 bridgehead atoms. The summed E-state index contributed by atoms with van der Waals surface area (Å²) in [5, 5.41) is 12.6. The van der Waals surface area contributed by atoms with E-state index in [0.29, 0.717) is 12.2 Å². The van der Waals surface area contributed by atoms with Gasteiger partial charge in [0.2, 0.25) is 0 Å². The molecule has 0 aromatic carbocycles. The van der Waals surface area contributed by atoms with E-state index in [1.807, 2.05) is 6.20 Å². The number of alkyl halides is 3. The fraction of sp³-hybridized carbons (Fsp3) is 0.400. The summed E-state index contributed by atoms with van der Waals surface area (Å²) in [6.07, 6.45) is -0.875. The van der Waals surface area contributed by atoms with Crippen molar-refractivity contribution >= 4 is 0 Å². The maximum atomic E-state index is 12.3. The lowest BCUT2D eigenvalue weighted by atomic mass is 10.3. The fourth-order valence-corrected chi connectivity index (χ4v) is 1.50. The van der Waals surface area contributed by atoms with Gasteiger partial charge in [-0.25, -0.2) is 0 Å². The minimum atomic E-state index is -4.40. The fourth-order valence-electron chi connectivity index (χ4n) is 1.50. The average Bonchev–Trinajstić information content (AvgIpc) is 2.87. The van der Waals surface area contributed by atoms with Gasteiger partial charge in [0.05, 0.1) is 6.20 Å². The van der Waals surface area contributed by atoms with Gasteiger partial charge in [0.15, 0.2) is 5.69 Å². The molecular weight excluding hydrogens is 247 g/mol. The van der Waals surface area contributed by atoms with Crippen LogP contribution in [0.1, 0.15) is 17.0 Å². The summed E-state index contributed by atoms with van der Waals surface area (Å²) in [5.74, 6) is 0. The number of hydrogen-bond acceptors (Lipinski definition) is 3. The third kappa shape index (κ3) is 3.10. The maximum Gasteiger partial charge on any atom is 0.435 e. The van der Waals surface area contributed by atoms with Crippen molar-refractivity contribution in [3.05, 3.63) is 35.4 Å². The molecule has 0 unspecified atom stereocenters. The van der Waals surface area contributed by atoms with Crippen LogP contribution in [0.4, 0.5) is 13.2 Å². The highest BCUT2D eigenvalue weighted by Gasteiger charge is 2.33. The van der Waals surface area contributed by atoms with Crippen LogP contribution in [0.5, 0.6) is 0 Å². The second kappa shape index (κ2) is 4.81. The lowest BCUT2D eigenvalue weighted by molar-refractivity contribution is -0.141. The van der Waals surface area contributed by atoms with Crippen molar-refractivity contribution < 1.29 is 13.2 Å². The molecule has 2 aromatic heterocycles. The third-order valence-corrected chi connectivity index (χ3v) is 2.32. The van der Waals surface area contributed by atoms with Crippen LogP contribution in [0, 0.1) is 0 Å². The molecule has 0 amide bonds. The zero-order chi connectivity index (χ0) is 13.2. The minimum Gasteiger partial charge on any atom is -0.307 e. The molecule has 5 nitrogen and oxygen atoms in total. The molecule has 0 aliphatic heterocycles. The molecule has 0 atom stereocenters. The highest BCUT2D eigenvalue weighted by atomic mass is 19.4. The Labute approximate surface area is 101 Å². The lowest BCUT2D eigenvalue weighted by Gasteiger charge is -2.00. The van der Waals surface area contributed by atoms with E-state index in [1.165, 1.54) is 0 Å². The number of halogens is 3. The summed E-state index contributed by atoms with van der Waals surface area (Å²) in [5.41, 5.74) is 0.458. The third-order valence-electron chi connectivity index (χ3n) is 2.32. The van der Waals surface area contributed by atoms with E-state index in [9.17, 15) is 13.2 Å². The normalized spacial score (nSPS) is 12.0.